The summed E-state index contributed by atoms with van der Waals surface area (Å²) in [5.74, 6) is 0. The van der Waals surface area contributed by atoms with Gasteiger partial charge in [-0.3, -0.25) is 4.79 Å². The van der Waals surface area contributed by atoms with E-state index in [0.717, 1.165) is 19.3 Å². The fourth-order valence-corrected chi connectivity index (χ4v) is 2.83. The smallest absolute Gasteiger partial charge is 0.409 e. The topological polar surface area (TPSA) is 82.2 Å². The number of hydrogen-bond donors (Lipinski definition) is 1. The number of hydrogen-bond acceptors (Lipinski definition) is 4. The van der Waals surface area contributed by atoms with Crippen molar-refractivity contribution in [2.75, 3.05) is 45.9 Å². The lowest BCUT2D eigenvalue weighted by molar-refractivity contribution is -0.110. The first-order valence-electron chi connectivity index (χ1n) is 7.81. The molecule has 8 nitrogen and oxygen atoms in total. The summed E-state index contributed by atoms with van der Waals surface area (Å²) in [6.07, 6.45) is 1.98. The van der Waals surface area contributed by atoms with Crippen molar-refractivity contribution >= 4 is 18.5 Å². The first kappa shape index (κ1) is 16.4. The van der Waals surface area contributed by atoms with Gasteiger partial charge in [-0.2, -0.15) is 0 Å². The van der Waals surface area contributed by atoms with Gasteiger partial charge in [0.1, 0.15) is 0 Å². The number of urea groups is 1. The summed E-state index contributed by atoms with van der Waals surface area (Å²) in [6.45, 7) is 5.53. The molecule has 4 amide bonds. The molecule has 2 rings (SSSR count). The van der Waals surface area contributed by atoms with Gasteiger partial charge in [-0.1, -0.05) is 0 Å². The van der Waals surface area contributed by atoms with Crippen molar-refractivity contribution in [3.63, 3.8) is 0 Å². The molecule has 124 valence electrons. The third-order valence-electron chi connectivity index (χ3n) is 4.15. The molecule has 2 aliphatic rings. The van der Waals surface area contributed by atoms with Crippen LogP contribution in [-0.4, -0.2) is 85.2 Å². The summed E-state index contributed by atoms with van der Waals surface area (Å²) in [7, 11) is 0. The number of nitrogens with zero attached hydrogens (tertiary/aromatic N) is 3. The lowest BCUT2D eigenvalue weighted by Gasteiger charge is -2.39. The number of carbonyl (C=O) groups is 3. The van der Waals surface area contributed by atoms with Crippen LogP contribution in [0.4, 0.5) is 9.59 Å². The van der Waals surface area contributed by atoms with Gasteiger partial charge in [-0.05, 0) is 19.8 Å². The number of amides is 4. The van der Waals surface area contributed by atoms with Crippen LogP contribution in [0.2, 0.25) is 0 Å². The van der Waals surface area contributed by atoms with Crippen molar-refractivity contribution in [1.82, 2.24) is 20.0 Å². The monoisotopic (exact) mass is 312 g/mol. The highest BCUT2D eigenvalue weighted by molar-refractivity contribution is 5.75. The maximum atomic E-state index is 12.4. The van der Waals surface area contributed by atoms with Crippen molar-refractivity contribution in [3.05, 3.63) is 0 Å². The van der Waals surface area contributed by atoms with E-state index in [4.69, 9.17) is 4.74 Å². The van der Waals surface area contributed by atoms with Crippen LogP contribution in [0.15, 0.2) is 0 Å². The van der Waals surface area contributed by atoms with Crippen LogP contribution >= 0.6 is 0 Å². The quantitative estimate of drug-likeness (QED) is 0.749. The largest absolute Gasteiger partial charge is 0.450 e. The molecule has 0 aromatic carbocycles. The van der Waals surface area contributed by atoms with Gasteiger partial charge < -0.3 is 24.8 Å². The van der Waals surface area contributed by atoms with Crippen LogP contribution in [0, 0.1) is 0 Å². The maximum Gasteiger partial charge on any atom is 0.409 e. The molecule has 2 saturated heterocycles. The van der Waals surface area contributed by atoms with Gasteiger partial charge in [-0.25, -0.2) is 9.59 Å². The molecule has 2 heterocycles. The Morgan fingerprint density at radius 2 is 1.59 bits per heavy atom. The molecule has 0 saturated carbocycles. The fraction of sp³-hybridized carbons (Fsp3) is 0.786. The Labute approximate surface area is 130 Å². The summed E-state index contributed by atoms with van der Waals surface area (Å²) in [6, 6.07) is 0.190. The van der Waals surface area contributed by atoms with Crippen molar-refractivity contribution in [2.45, 2.75) is 25.8 Å². The number of likely N-dealkylation sites (tertiary alicyclic amines) is 1. The number of rotatable bonds is 3. The Morgan fingerprint density at radius 1 is 1.05 bits per heavy atom. The molecule has 1 N–H and O–H groups in total. The van der Waals surface area contributed by atoms with Crippen LogP contribution < -0.4 is 5.32 Å². The summed E-state index contributed by atoms with van der Waals surface area (Å²) >= 11 is 0. The predicted octanol–water partition coefficient (Wildman–Crippen LogP) is 0.0909. The molecule has 8 heteroatoms. The van der Waals surface area contributed by atoms with Crippen LogP contribution in [-0.2, 0) is 9.53 Å². The molecule has 0 aliphatic carbocycles. The number of piperidine rings is 1. The average Bonchev–Trinajstić information content (AvgIpc) is 2.55. The lowest BCUT2D eigenvalue weighted by atomic mass is 10.1. The van der Waals surface area contributed by atoms with E-state index < -0.39 is 0 Å². The number of ether oxygens (including phenoxy) is 1. The zero-order valence-electron chi connectivity index (χ0n) is 13.0. The Bertz CT molecular complexity index is 402. The minimum absolute atomic E-state index is 0.0214. The maximum absolute atomic E-state index is 12.4. The second kappa shape index (κ2) is 7.86. The molecule has 2 fully saturated rings. The first-order chi connectivity index (χ1) is 10.7. The molecule has 0 radical (unpaired) electrons. The molecule has 22 heavy (non-hydrogen) atoms. The van der Waals surface area contributed by atoms with Crippen molar-refractivity contribution in [2.24, 2.45) is 0 Å². The number of nitrogens with one attached hydrogen (secondary N) is 1. The standard InChI is InChI=1S/C14H24N4O4/c1-2-22-14(21)18-9-7-17(8-10-18)13(20)16-5-3-12(4-6-16)15-11-19/h11-12H,2-10H2,1H3,(H,15,19). The molecule has 0 aromatic rings. The Hall–Kier alpha value is -1.99. The third-order valence-corrected chi connectivity index (χ3v) is 4.15. The summed E-state index contributed by atoms with van der Waals surface area (Å²) in [4.78, 5) is 39.7. The van der Waals surface area contributed by atoms with E-state index in [1.807, 2.05) is 4.90 Å². The van der Waals surface area contributed by atoms with Gasteiger partial charge in [0.2, 0.25) is 6.41 Å². The van der Waals surface area contributed by atoms with Crippen LogP contribution in [0.3, 0.4) is 0 Å². The van der Waals surface area contributed by atoms with Gasteiger partial charge in [-0.15, -0.1) is 0 Å². The molecule has 0 spiro atoms. The second-order valence-corrected chi connectivity index (χ2v) is 5.50. The highest BCUT2D eigenvalue weighted by Gasteiger charge is 2.29. The minimum Gasteiger partial charge on any atom is -0.450 e. The van der Waals surface area contributed by atoms with E-state index in [2.05, 4.69) is 5.32 Å². The van der Waals surface area contributed by atoms with Gasteiger partial charge in [0.25, 0.3) is 0 Å². The summed E-state index contributed by atoms with van der Waals surface area (Å²) < 4.78 is 4.97. The van der Waals surface area contributed by atoms with Crippen LogP contribution in [0.1, 0.15) is 19.8 Å². The molecule has 0 bridgehead atoms. The Morgan fingerprint density at radius 3 is 2.14 bits per heavy atom. The van der Waals surface area contributed by atoms with Gasteiger partial charge >= 0.3 is 12.1 Å². The predicted molar refractivity (Wildman–Crippen MR) is 79.4 cm³/mol. The van der Waals surface area contributed by atoms with E-state index in [9.17, 15) is 14.4 Å². The number of piperazine rings is 1. The van der Waals surface area contributed by atoms with E-state index in [-0.39, 0.29) is 18.2 Å². The van der Waals surface area contributed by atoms with Crippen molar-refractivity contribution in [1.29, 1.82) is 0 Å². The van der Waals surface area contributed by atoms with Crippen molar-refractivity contribution in [3.8, 4) is 0 Å². The molecular formula is C14H24N4O4. The third kappa shape index (κ3) is 4.02. The second-order valence-electron chi connectivity index (χ2n) is 5.50. The molecule has 0 atom stereocenters. The van der Waals surface area contributed by atoms with Crippen molar-refractivity contribution < 1.29 is 19.1 Å². The molecular weight excluding hydrogens is 288 g/mol. The van der Waals surface area contributed by atoms with E-state index in [1.54, 1.807) is 16.7 Å². The van der Waals surface area contributed by atoms with Crippen LogP contribution in [0.25, 0.3) is 0 Å². The molecule has 2 aliphatic heterocycles. The highest BCUT2D eigenvalue weighted by atomic mass is 16.6. The first-order valence-corrected chi connectivity index (χ1v) is 7.81. The van der Waals surface area contributed by atoms with E-state index in [1.165, 1.54) is 0 Å². The summed E-state index contributed by atoms with van der Waals surface area (Å²) in [5, 5.41) is 2.76. The fourth-order valence-electron chi connectivity index (χ4n) is 2.83. The van der Waals surface area contributed by atoms with E-state index in [0.29, 0.717) is 45.9 Å². The van der Waals surface area contributed by atoms with Gasteiger partial charge in [0, 0.05) is 45.3 Å². The van der Waals surface area contributed by atoms with Gasteiger partial charge in [0.05, 0.1) is 6.61 Å². The molecule has 0 aromatic heterocycles. The summed E-state index contributed by atoms with van der Waals surface area (Å²) in [5.41, 5.74) is 0. The van der Waals surface area contributed by atoms with Crippen LogP contribution in [0.5, 0.6) is 0 Å². The zero-order valence-corrected chi connectivity index (χ0v) is 13.0. The lowest BCUT2D eigenvalue weighted by Crippen LogP contribution is -2.56. The average molecular weight is 312 g/mol. The number of carbonyl (C=O) groups excluding carboxylic acids is 3. The highest BCUT2D eigenvalue weighted by Crippen LogP contribution is 2.14. The molecule has 0 unspecified atom stereocenters. The Balaban J connectivity index is 1.76. The normalized spacial score (nSPS) is 19.8. The Kier molecular flexibility index (Phi) is 5.85. The van der Waals surface area contributed by atoms with E-state index >= 15 is 0 Å². The minimum atomic E-state index is -0.310. The zero-order chi connectivity index (χ0) is 15.9. The SMILES string of the molecule is CCOC(=O)N1CCN(C(=O)N2CCC(NC=O)CC2)CC1. The van der Waals surface area contributed by atoms with Gasteiger partial charge in [0.15, 0.2) is 0 Å².